The second kappa shape index (κ2) is 3.95. The van der Waals surface area contributed by atoms with Crippen molar-refractivity contribution in [3.63, 3.8) is 0 Å². The van der Waals surface area contributed by atoms with Gasteiger partial charge in [0.05, 0.1) is 11.9 Å². The smallest absolute Gasteiger partial charge is 0.229 e. The fraction of sp³-hybridized carbons (Fsp3) is 0.250. The normalized spacial score (nSPS) is 11.7. The van der Waals surface area contributed by atoms with E-state index in [4.69, 9.17) is 5.84 Å². The van der Waals surface area contributed by atoms with E-state index in [2.05, 4.69) is 0 Å². The Morgan fingerprint density at radius 1 is 1.21 bits per heavy atom. The Labute approximate surface area is 83.7 Å². The molecule has 0 aromatic heterocycles. The lowest BCUT2D eigenvalue weighted by Crippen LogP contribution is -2.48. The molecule has 0 fully saturated rings. The Balaban J connectivity index is 2.92. The van der Waals surface area contributed by atoms with Crippen molar-refractivity contribution in [1.29, 1.82) is 0 Å². The fourth-order valence-electron chi connectivity index (χ4n) is 0.903. The van der Waals surface area contributed by atoms with Gasteiger partial charge in [-0.25, -0.2) is 19.4 Å². The van der Waals surface area contributed by atoms with Crippen LogP contribution in [0, 0.1) is 0 Å². The number of anilines is 1. The van der Waals surface area contributed by atoms with Crippen LogP contribution in [0.15, 0.2) is 30.3 Å². The first-order chi connectivity index (χ1) is 6.43. The minimum absolute atomic E-state index is 0.612. The van der Waals surface area contributed by atoms with Crippen LogP contribution >= 0.6 is 0 Å². The van der Waals surface area contributed by atoms with Gasteiger partial charge < -0.3 is 0 Å². The van der Waals surface area contributed by atoms with Gasteiger partial charge in [0.1, 0.15) is 0 Å². The van der Waals surface area contributed by atoms with Crippen molar-refractivity contribution in [3.05, 3.63) is 30.3 Å². The van der Waals surface area contributed by atoms with Crippen molar-refractivity contribution in [1.82, 2.24) is 4.41 Å². The third-order valence-corrected chi connectivity index (χ3v) is 2.94. The Morgan fingerprint density at radius 3 is 2.14 bits per heavy atom. The second-order valence-corrected chi connectivity index (χ2v) is 4.87. The second-order valence-electron chi connectivity index (χ2n) is 2.88. The Hall–Kier alpha value is -1.11. The topological polar surface area (TPSA) is 66.6 Å². The average molecular weight is 215 g/mol. The van der Waals surface area contributed by atoms with Crippen LogP contribution in [0.4, 0.5) is 5.69 Å². The molecule has 2 N–H and O–H groups in total. The first kappa shape index (κ1) is 11.0. The summed E-state index contributed by atoms with van der Waals surface area (Å²) in [5.74, 6) is 5.60. The Bertz CT molecular complexity index is 390. The molecule has 14 heavy (non-hydrogen) atoms. The summed E-state index contributed by atoms with van der Waals surface area (Å²) in [6.07, 6.45) is 1.09. The number of hydrazine groups is 2. The van der Waals surface area contributed by atoms with E-state index >= 15 is 0 Å². The van der Waals surface area contributed by atoms with Gasteiger partial charge >= 0.3 is 0 Å². The SMILES string of the molecule is CN(N(N)c1ccccc1)S(C)(=O)=O. The number of nitrogens with zero attached hydrogens (tertiary/aromatic N) is 2. The summed E-state index contributed by atoms with van der Waals surface area (Å²) in [5, 5.41) is 1.08. The van der Waals surface area contributed by atoms with E-state index in [1.54, 1.807) is 24.3 Å². The van der Waals surface area contributed by atoms with Crippen molar-refractivity contribution >= 4 is 15.7 Å². The van der Waals surface area contributed by atoms with Gasteiger partial charge in [-0.2, -0.15) is 0 Å². The lowest BCUT2D eigenvalue weighted by molar-refractivity contribution is 0.449. The van der Waals surface area contributed by atoms with E-state index in [0.717, 1.165) is 15.8 Å². The van der Waals surface area contributed by atoms with Gasteiger partial charge in [-0.3, -0.25) is 0 Å². The highest BCUT2D eigenvalue weighted by Gasteiger charge is 2.16. The van der Waals surface area contributed by atoms with E-state index in [1.807, 2.05) is 6.07 Å². The molecule has 0 spiro atoms. The predicted octanol–water partition coefficient (Wildman–Crippen LogP) is 0.173. The van der Waals surface area contributed by atoms with Gasteiger partial charge in [-0.05, 0) is 12.1 Å². The van der Waals surface area contributed by atoms with Gasteiger partial charge in [0.25, 0.3) is 0 Å². The van der Waals surface area contributed by atoms with E-state index < -0.39 is 10.0 Å². The van der Waals surface area contributed by atoms with E-state index in [1.165, 1.54) is 7.05 Å². The largest absolute Gasteiger partial charge is 0.232 e. The van der Waals surface area contributed by atoms with Crippen LogP contribution in [0.5, 0.6) is 0 Å². The molecule has 0 saturated carbocycles. The van der Waals surface area contributed by atoms with Crippen LogP contribution in [0.1, 0.15) is 0 Å². The number of benzene rings is 1. The molecule has 0 heterocycles. The molecular weight excluding hydrogens is 202 g/mol. The maximum absolute atomic E-state index is 11.2. The molecule has 6 heteroatoms. The lowest BCUT2D eigenvalue weighted by Gasteiger charge is -2.26. The number of para-hydroxylation sites is 1. The fourth-order valence-corrected chi connectivity index (χ4v) is 1.32. The highest BCUT2D eigenvalue weighted by molar-refractivity contribution is 7.88. The average Bonchev–Trinajstić information content (AvgIpc) is 2.15. The minimum atomic E-state index is -3.32. The Morgan fingerprint density at radius 2 is 1.71 bits per heavy atom. The quantitative estimate of drug-likeness (QED) is 0.576. The molecule has 0 radical (unpaired) electrons. The zero-order chi connectivity index (χ0) is 10.8. The molecule has 0 unspecified atom stereocenters. The minimum Gasteiger partial charge on any atom is -0.232 e. The molecular formula is C8H13N3O2S. The van der Waals surface area contributed by atoms with Gasteiger partial charge in [-0.1, -0.05) is 18.2 Å². The van der Waals surface area contributed by atoms with E-state index in [9.17, 15) is 8.42 Å². The molecule has 0 saturated heterocycles. The summed E-state index contributed by atoms with van der Waals surface area (Å²) in [6.45, 7) is 0. The van der Waals surface area contributed by atoms with E-state index in [0.29, 0.717) is 5.69 Å². The van der Waals surface area contributed by atoms with Crippen LogP contribution in [0.2, 0.25) is 0 Å². The molecule has 0 atom stereocenters. The predicted molar refractivity (Wildman–Crippen MR) is 55.7 cm³/mol. The zero-order valence-electron chi connectivity index (χ0n) is 8.08. The van der Waals surface area contributed by atoms with E-state index in [-0.39, 0.29) is 0 Å². The zero-order valence-corrected chi connectivity index (χ0v) is 8.90. The highest BCUT2D eigenvalue weighted by Crippen LogP contribution is 2.12. The van der Waals surface area contributed by atoms with Crippen molar-refractivity contribution in [2.45, 2.75) is 0 Å². The van der Waals surface area contributed by atoms with Crippen LogP contribution in [-0.4, -0.2) is 26.1 Å². The van der Waals surface area contributed by atoms with Crippen LogP contribution in [-0.2, 0) is 10.0 Å². The monoisotopic (exact) mass is 215 g/mol. The third-order valence-electron chi connectivity index (χ3n) is 1.80. The molecule has 0 aliphatic heterocycles. The molecule has 1 aromatic rings. The molecule has 1 rings (SSSR count). The van der Waals surface area contributed by atoms with Gasteiger partial charge in [0, 0.05) is 7.05 Å². The first-order valence-electron chi connectivity index (χ1n) is 3.96. The van der Waals surface area contributed by atoms with Crippen LogP contribution < -0.4 is 11.0 Å². The standard InChI is InChI=1S/C8H13N3O2S/c1-10(14(2,12)13)11(9)8-6-4-3-5-7-8/h3-7H,9H2,1-2H3. The molecule has 0 aliphatic carbocycles. The molecule has 0 bridgehead atoms. The number of hydrogen-bond acceptors (Lipinski definition) is 4. The summed E-state index contributed by atoms with van der Waals surface area (Å²) >= 11 is 0. The third kappa shape index (κ3) is 2.44. The van der Waals surface area contributed by atoms with Crippen molar-refractivity contribution in [2.24, 2.45) is 5.84 Å². The molecule has 0 aliphatic rings. The Kier molecular flexibility index (Phi) is 3.10. The molecule has 1 aromatic carbocycles. The van der Waals surface area contributed by atoms with Gasteiger partial charge in [0.2, 0.25) is 10.0 Å². The summed E-state index contributed by atoms with van der Waals surface area (Å²) in [7, 11) is -1.92. The highest BCUT2D eigenvalue weighted by atomic mass is 32.2. The number of rotatable bonds is 3. The maximum Gasteiger partial charge on any atom is 0.229 e. The summed E-state index contributed by atoms with van der Waals surface area (Å²) in [4.78, 5) is 0. The van der Waals surface area contributed by atoms with Crippen molar-refractivity contribution in [2.75, 3.05) is 18.4 Å². The molecule has 5 nitrogen and oxygen atoms in total. The summed E-state index contributed by atoms with van der Waals surface area (Å²) < 4.78 is 23.3. The summed E-state index contributed by atoms with van der Waals surface area (Å²) in [6, 6.07) is 8.85. The van der Waals surface area contributed by atoms with Gasteiger partial charge in [-0.15, -0.1) is 4.41 Å². The number of nitrogens with two attached hydrogens (primary N) is 1. The number of hydrogen-bond donors (Lipinski definition) is 1. The number of sulfonamides is 1. The summed E-state index contributed by atoms with van der Waals surface area (Å²) in [5.41, 5.74) is 0.612. The first-order valence-corrected chi connectivity index (χ1v) is 5.81. The maximum atomic E-state index is 11.2. The molecule has 0 amide bonds. The lowest BCUT2D eigenvalue weighted by atomic mass is 10.3. The van der Waals surface area contributed by atoms with Crippen LogP contribution in [0.3, 0.4) is 0 Å². The van der Waals surface area contributed by atoms with Crippen molar-refractivity contribution < 1.29 is 8.42 Å². The van der Waals surface area contributed by atoms with Crippen LogP contribution in [0.25, 0.3) is 0 Å². The van der Waals surface area contributed by atoms with Crippen molar-refractivity contribution in [3.8, 4) is 0 Å². The van der Waals surface area contributed by atoms with Gasteiger partial charge in [0.15, 0.2) is 0 Å². The molecule has 78 valence electrons.